The molecule has 0 fully saturated rings. The number of anilines is 1. The van der Waals surface area contributed by atoms with Gasteiger partial charge in [-0.1, -0.05) is 29.8 Å². The zero-order valence-electron chi connectivity index (χ0n) is 11.7. The number of carboxylic acid groups (broad SMARTS) is 1. The minimum atomic E-state index is -1.12. The molecule has 2 aromatic rings. The van der Waals surface area contributed by atoms with Crippen molar-refractivity contribution < 1.29 is 14.7 Å². The molecule has 2 rings (SSSR count). The van der Waals surface area contributed by atoms with Crippen LogP contribution in [0.15, 0.2) is 42.6 Å². The average Bonchev–Trinajstić information content (AvgIpc) is 2.45. The van der Waals surface area contributed by atoms with Crippen molar-refractivity contribution in [3.8, 4) is 0 Å². The van der Waals surface area contributed by atoms with Gasteiger partial charge in [0, 0.05) is 18.3 Å². The minimum Gasteiger partial charge on any atom is -0.477 e. The summed E-state index contributed by atoms with van der Waals surface area (Å²) in [7, 11) is 0. The van der Waals surface area contributed by atoms with Gasteiger partial charge in [-0.05, 0) is 31.0 Å². The lowest BCUT2D eigenvalue weighted by Crippen LogP contribution is -2.13. The van der Waals surface area contributed by atoms with Gasteiger partial charge in [-0.25, -0.2) is 9.78 Å². The van der Waals surface area contributed by atoms with Gasteiger partial charge in [0.1, 0.15) is 5.69 Å². The van der Waals surface area contributed by atoms with Crippen molar-refractivity contribution >= 4 is 17.6 Å². The fourth-order valence-electron chi connectivity index (χ4n) is 1.97. The third kappa shape index (κ3) is 4.42. The predicted molar refractivity (Wildman–Crippen MR) is 79.3 cm³/mol. The first-order valence-electron chi connectivity index (χ1n) is 6.59. The molecule has 0 saturated carbocycles. The number of aromatic nitrogens is 1. The highest BCUT2D eigenvalue weighted by atomic mass is 16.4. The van der Waals surface area contributed by atoms with E-state index in [0.29, 0.717) is 18.5 Å². The van der Waals surface area contributed by atoms with E-state index < -0.39 is 5.97 Å². The summed E-state index contributed by atoms with van der Waals surface area (Å²) in [6.07, 6.45) is 2.35. The molecule has 2 N–H and O–H groups in total. The molecular formula is C16H16N2O3. The molecule has 0 saturated heterocycles. The van der Waals surface area contributed by atoms with Gasteiger partial charge in [0.15, 0.2) is 0 Å². The zero-order valence-corrected chi connectivity index (χ0v) is 11.7. The Hall–Kier alpha value is -2.69. The zero-order chi connectivity index (χ0) is 15.2. The number of amides is 1. The van der Waals surface area contributed by atoms with Gasteiger partial charge in [-0.15, -0.1) is 0 Å². The SMILES string of the molecule is Cc1cccc(CCC(=O)Nc2ccnc(C(=O)O)c2)c1. The summed E-state index contributed by atoms with van der Waals surface area (Å²) in [5.74, 6) is -1.27. The van der Waals surface area contributed by atoms with Crippen LogP contribution in [0.2, 0.25) is 0 Å². The molecule has 0 aliphatic rings. The fraction of sp³-hybridized carbons (Fsp3) is 0.188. The Kier molecular flexibility index (Phi) is 4.66. The van der Waals surface area contributed by atoms with Gasteiger partial charge in [0.05, 0.1) is 0 Å². The van der Waals surface area contributed by atoms with E-state index in [0.717, 1.165) is 11.1 Å². The molecule has 0 atom stereocenters. The van der Waals surface area contributed by atoms with E-state index in [1.807, 2.05) is 31.2 Å². The van der Waals surface area contributed by atoms with Crippen molar-refractivity contribution in [2.75, 3.05) is 5.32 Å². The van der Waals surface area contributed by atoms with E-state index in [2.05, 4.69) is 10.3 Å². The molecule has 0 radical (unpaired) electrons. The third-order valence-corrected chi connectivity index (χ3v) is 2.99. The van der Waals surface area contributed by atoms with Gasteiger partial charge in [0.25, 0.3) is 0 Å². The highest BCUT2D eigenvalue weighted by Crippen LogP contribution is 2.10. The summed E-state index contributed by atoms with van der Waals surface area (Å²) in [4.78, 5) is 26.4. The van der Waals surface area contributed by atoms with Crippen molar-refractivity contribution in [3.63, 3.8) is 0 Å². The van der Waals surface area contributed by atoms with E-state index in [1.54, 1.807) is 6.07 Å². The van der Waals surface area contributed by atoms with Gasteiger partial charge < -0.3 is 10.4 Å². The maximum Gasteiger partial charge on any atom is 0.354 e. The van der Waals surface area contributed by atoms with Crippen LogP contribution in [0.4, 0.5) is 5.69 Å². The molecule has 1 aromatic heterocycles. The number of nitrogens with zero attached hydrogens (tertiary/aromatic N) is 1. The number of benzene rings is 1. The van der Waals surface area contributed by atoms with E-state index in [-0.39, 0.29) is 11.6 Å². The molecule has 1 heterocycles. The van der Waals surface area contributed by atoms with E-state index in [9.17, 15) is 9.59 Å². The molecule has 5 heteroatoms. The second-order valence-electron chi connectivity index (χ2n) is 4.77. The van der Waals surface area contributed by atoms with Crippen LogP contribution in [0, 0.1) is 6.92 Å². The Bertz CT molecular complexity index is 668. The lowest BCUT2D eigenvalue weighted by Gasteiger charge is -2.06. The monoisotopic (exact) mass is 284 g/mol. The van der Waals surface area contributed by atoms with Crippen LogP contribution in [-0.2, 0) is 11.2 Å². The number of nitrogens with one attached hydrogen (secondary N) is 1. The second-order valence-corrected chi connectivity index (χ2v) is 4.77. The van der Waals surface area contributed by atoms with Gasteiger partial charge in [0.2, 0.25) is 5.91 Å². The first-order chi connectivity index (χ1) is 10.0. The summed E-state index contributed by atoms with van der Waals surface area (Å²) in [6.45, 7) is 2.01. The van der Waals surface area contributed by atoms with Crippen molar-refractivity contribution in [1.29, 1.82) is 0 Å². The van der Waals surface area contributed by atoms with Crippen LogP contribution < -0.4 is 5.32 Å². The molecule has 0 spiro atoms. The highest BCUT2D eigenvalue weighted by molar-refractivity contribution is 5.92. The lowest BCUT2D eigenvalue weighted by molar-refractivity contribution is -0.116. The van der Waals surface area contributed by atoms with Crippen LogP contribution in [0.5, 0.6) is 0 Å². The minimum absolute atomic E-state index is 0.0912. The topological polar surface area (TPSA) is 79.3 Å². The Morgan fingerprint density at radius 3 is 2.76 bits per heavy atom. The molecule has 108 valence electrons. The van der Waals surface area contributed by atoms with E-state index in [4.69, 9.17) is 5.11 Å². The van der Waals surface area contributed by atoms with Crippen LogP contribution in [0.1, 0.15) is 28.0 Å². The predicted octanol–water partition coefficient (Wildman–Crippen LogP) is 2.66. The smallest absolute Gasteiger partial charge is 0.354 e. The molecule has 0 aliphatic heterocycles. The summed E-state index contributed by atoms with van der Waals surface area (Å²) < 4.78 is 0. The molecule has 0 unspecified atom stereocenters. The van der Waals surface area contributed by atoms with Crippen LogP contribution in [0.25, 0.3) is 0 Å². The van der Waals surface area contributed by atoms with E-state index >= 15 is 0 Å². The molecule has 0 aliphatic carbocycles. The maximum atomic E-state index is 11.9. The molecule has 21 heavy (non-hydrogen) atoms. The molecule has 0 bridgehead atoms. The largest absolute Gasteiger partial charge is 0.477 e. The quantitative estimate of drug-likeness (QED) is 0.884. The number of hydrogen-bond acceptors (Lipinski definition) is 3. The first kappa shape index (κ1) is 14.7. The molecule has 1 amide bonds. The number of carbonyl (C=O) groups is 2. The molecule has 1 aromatic carbocycles. The third-order valence-electron chi connectivity index (χ3n) is 2.99. The van der Waals surface area contributed by atoms with Gasteiger partial charge in [-0.2, -0.15) is 0 Å². The number of pyridine rings is 1. The van der Waals surface area contributed by atoms with Crippen molar-refractivity contribution in [2.24, 2.45) is 0 Å². The summed E-state index contributed by atoms with van der Waals surface area (Å²) in [6, 6.07) is 10.9. The standard InChI is InChI=1S/C16H16N2O3/c1-11-3-2-4-12(9-11)5-6-15(19)18-13-7-8-17-14(10-13)16(20)21/h2-4,7-10H,5-6H2,1H3,(H,20,21)(H,17,18,19). The van der Waals surface area contributed by atoms with Crippen LogP contribution in [-0.4, -0.2) is 22.0 Å². The number of hydrogen-bond donors (Lipinski definition) is 2. The van der Waals surface area contributed by atoms with Crippen molar-refractivity contribution in [2.45, 2.75) is 19.8 Å². The van der Waals surface area contributed by atoms with Crippen LogP contribution >= 0.6 is 0 Å². The van der Waals surface area contributed by atoms with Crippen molar-refractivity contribution in [1.82, 2.24) is 4.98 Å². The highest BCUT2D eigenvalue weighted by Gasteiger charge is 2.07. The van der Waals surface area contributed by atoms with E-state index in [1.165, 1.54) is 12.3 Å². The Balaban J connectivity index is 1.93. The average molecular weight is 284 g/mol. The lowest BCUT2D eigenvalue weighted by atomic mass is 10.1. The maximum absolute atomic E-state index is 11.9. The van der Waals surface area contributed by atoms with Gasteiger partial charge in [-0.3, -0.25) is 4.79 Å². The van der Waals surface area contributed by atoms with Crippen LogP contribution in [0.3, 0.4) is 0 Å². The molecular weight excluding hydrogens is 268 g/mol. The number of rotatable bonds is 5. The fourth-order valence-corrected chi connectivity index (χ4v) is 1.97. The Morgan fingerprint density at radius 1 is 1.24 bits per heavy atom. The van der Waals surface area contributed by atoms with Gasteiger partial charge >= 0.3 is 5.97 Å². The number of aryl methyl sites for hydroxylation is 2. The summed E-state index contributed by atoms with van der Waals surface area (Å²) in [5, 5.41) is 11.5. The summed E-state index contributed by atoms with van der Waals surface area (Å²) >= 11 is 0. The Morgan fingerprint density at radius 2 is 2.05 bits per heavy atom. The molecule has 5 nitrogen and oxygen atoms in total. The summed E-state index contributed by atoms with van der Waals surface area (Å²) in [5.41, 5.74) is 2.61. The number of aromatic carboxylic acids is 1. The number of carboxylic acids is 1. The first-order valence-corrected chi connectivity index (χ1v) is 6.59. The van der Waals surface area contributed by atoms with Crippen molar-refractivity contribution in [3.05, 3.63) is 59.4 Å². The normalized spacial score (nSPS) is 10.1. The Labute approximate surface area is 122 Å². The second kappa shape index (κ2) is 6.65. The number of carbonyl (C=O) groups excluding carboxylic acids is 1.